The molecule has 0 unspecified atom stereocenters. The molecule has 0 N–H and O–H groups in total. The van der Waals surface area contributed by atoms with Gasteiger partial charge in [0.15, 0.2) is 5.82 Å². The van der Waals surface area contributed by atoms with Crippen LogP contribution in [0.5, 0.6) is 0 Å². The van der Waals surface area contributed by atoms with E-state index in [1.165, 1.54) is 65.6 Å². The van der Waals surface area contributed by atoms with Crippen molar-refractivity contribution in [1.29, 1.82) is 0 Å². The summed E-state index contributed by atoms with van der Waals surface area (Å²) in [5.74, 6) is 0.685. The Hall–Kier alpha value is -8.60. The van der Waals surface area contributed by atoms with Crippen molar-refractivity contribution in [3.8, 4) is 56.3 Å². The first-order chi connectivity index (χ1) is 33.0. The Morgan fingerprint density at radius 1 is 0.373 bits per heavy atom. The summed E-state index contributed by atoms with van der Waals surface area (Å²) in [4.78, 5) is 10.8. The first kappa shape index (κ1) is 37.7. The normalized spacial score (nSPS) is 13.0. The predicted octanol–water partition coefficient (Wildman–Crippen LogP) is 16.3. The Morgan fingerprint density at radius 3 is 1.84 bits per heavy atom. The molecule has 0 saturated carbocycles. The molecule has 0 aliphatic heterocycles. The van der Waals surface area contributed by atoms with Crippen LogP contribution < -0.4 is 0 Å². The number of hydrogen-bond acceptors (Lipinski definition) is 2. The number of para-hydroxylation sites is 4. The largest absolute Gasteiger partial charge is 0.309 e. The van der Waals surface area contributed by atoms with Crippen LogP contribution in [0.3, 0.4) is 0 Å². The number of fused-ring (bicyclic) bond motifs is 12. The van der Waals surface area contributed by atoms with Crippen LogP contribution in [0.1, 0.15) is 25.0 Å². The van der Waals surface area contributed by atoms with Gasteiger partial charge in [-0.2, -0.15) is 0 Å². The molecule has 1 aliphatic carbocycles. The van der Waals surface area contributed by atoms with Crippen LogP contribution in [0.15, 0.2) is 218 Å². The predicted molar refractivity (Wildman–Crippen MR) is 280 cm³/mol. The third-order valence-corrected chi connectivity index (χ3v) is 14.5. The van der Waals surface area contributed by atoms with Crippen LogP contribution in [0.4, 0.5) is 0 Å². The van der Waals surface area contributed by atoms with Crippen molar-refractivity contribution in [2.75, 3.05) is 0 Å². The van der Waals surface area contributed by atoms with E-state index in [0.29, 0.717) is 5.82 Å². The first-order valence-electron chi connectivity index (χ1n) is 23.2. The van der Waals surface area contributed by atoms with Crippen molar-refractivity contribution < 1.29 is 0 Å². The lowest BCUT2D eigenvalue weighted by Gasteiger charge is -2.22. The van der Waals surface area contributed by atoms with E-state index in [-0.39, 0.29) is 5.41 Å². The van der Waals surface area contributed by atoms with Crippen molar-refractivity contribution >= 4 is 65.3 Å². The van der Waals surface area contributed by atoms with Gasteiger partial charge in [-0.1, -0.05) is 166 Å². The number of rotatable bonds is 5. The molecule has 0 atom stereocenters. The molecule has 14 rings (SSSR count). The molecule has 4 heteroatoms. The van der Waals surface area contributed by atoms with E-state index in [1.54, 1.807) is 0 Å². The minimum atomic E-state index is -0.202. The van der Waals surface area contributed by atoms with Crippen molar-refractivity contribution in [3.05, 3.63) is 230 Å². The van der Waals surface area contributed by atoms with Crippen molar-refractivity contribution in [1.82, 2.24) is 19.1 Å². The van der Waals surface area contributed by atoms with Crippen LogP contribution >= 0.6 is 0 Å². The first-order valence-corrected chi connectivity index (χ1v) is 23.2. The summed E-state index contributed by atoms with van der Waals surface area (Å²) in [5.41, 5.74) is 18.1. The number of aromatic nitrogens is 4. The van der Waals surface area contributed by atoms with E-state index in [1.807, 2.05) is 0 Å². The standard InChI is InChI=1S/C63H42N4/c1-63(2)52-33-32-39-18-9-10-23-45(39)59(52)51-37-50-47-24-12-15-29-55(47)67(58(50)38-53(51)63)44-35-41(34-42(36-44)62-64-54-28-14-11-25-48(54)61(65-62)40-19-5-3-6-20-40)46-27-17-31-57-60(46)49-26-13-16-30-56(49)66(57)43-21-7-4-8-22-43/h3-38H,1-2H3. The highest BCUT2D eigenvalue weighted by Gasteiger charge is 2.37. The minimum Gasteiger partial charge on any atom is -0.309 e. The third-order valence-electron chi connectivity index (χ3n) is 14.5. The molecule has 0 radical (unpaired) electrons. The lowest BCUT2D eigenvalue weighted by Crippen LogP contribution is -2.15. The van der Waals surface area contributed by atoms with Crippen molar-refractivity contribution in [2.45, 2.75) is 19.3 Å². The molecule has 3 aromatic heterocycles. The van der Waals surface area contributed by atoms with Gasteiger partial charge in [-0.3, -0.25) is 0 Å². The molecule has 0 fully saturated rings. The van der Waals surface area contributed by atoms with Crippen LogP contribution in [-0.2, 0) is 5.41 Å². The molecule has 0 bridgehead atoms. The highest BCUT2D eigenvalue weighted by molar-refractivity contribution is 6.17. The Labute approximate surface area is 387 Å². The van der Waals surface area contributed by atoms with Gasteiger partial charge in [-0.25, -0.2) is 9.97 Å². The molecule has 1 aliphatic rings. The maximum absolute atomic E-state index is 5.47. The molecular formula is C63H42N4. The molecule has 10 aromatic carbocycles. The molecule has 67 heavy (non-hydrogen) atoms. The lowest BCUT2D eigenvalue weighted by molar-refractivity contribution is 0.661. The zero-order valence-corrected chi connectivity index (χ0v) is 37.1. The smallest absolute Gasteiger partial charge is 0.160 e. The van der Waals surface area contributed by atoms with Gasteiger partial charge in [0, 0.05) is 54.8 Å². The highest BCUT2D eigenvalue weighted by atomic mass is 15.0. The summed E-state index contributed by atoms with van der Waals surface area (Å²) in [6.07, 6.45) is 0. The maximum Gasteiger partial charge on any atom is 0.160 e. The second-order valence-electron chi connectivity index (χ2n) is 18.5. The summed E-state index contributed by atoms with van der Waals surface area (Å²) in [6, 6.07) is 79.5. The van der Waals surface area contributed by atoms with Crippen LogP contribution in [0.25, 0.3) is 122 Å². The molecule has 314 valence electrons. The molecule has 13 aromatic rings. The van der Waals surface area contributed by atoms with Crippen LogP contribution in [-0.4, -0.2) is 19.1 Å². The van der Waals surface area contributed by atoms with Gasteiger partial charge < -0.3 is 9.13 Å². The van der Waals surface area contributed by atoms with Gasteiger partial charge in [0.25, 0.3) is 0 Å². The molecule has 3 heterocycles. The highest BCUT2D eigenvalue weighted by Crippen LogP contribution is 2.53. The van der Waals surface area contributed by atoms with Gasteiger partial charge >= 0.3 is 0 Å². The van der Waals surface area contributed by atoms with Gasteiger partial charge in [-0.05, 0) is 111 Å². The average Bonchev–Trinajstić information content (AvgIpc) is 3.98. The Bertz CT molecular complexity index is 4170. The monoisotopic (exact) mass is 854 g/mol. The van der Waals surface area contributed by atoms with Crippen LogP contribution in [0, 0.1) is 0 Å². The summed E-state index contributed by atoms with van der Waals surface area (Å²) in [7, 11) is 0. The maximum atomic E-state index is 5.47. The number of hydrogen-bond donors (Lipinski definition) is 0. The summed E-state index contributed by atoms with van der Waals surface area (Å²) in [5, 5.41) is 8.48. The zero-order chi connectivity index (χ0) is 44.4. The average molecular weight is 855 g/mol. The SMILES string of the molecule is CC1(C)c2cc3c(cc2-c2c1ccc1ccccc21)c1ccccc1n3-c1cc(-c2nc(-c3ccccc3)c3ccccc3n2)cc(-c2cccc3c2c2ccccc2n3-c2ccccc2)c1. The van der Waals surface area contributed by atoms with Gasteiger partial charge in [-0.15, -0.1) is 0 Å². The Kier molecular flexibility index (Phi) is 8.00. The lowest BCUT2D eigenvalue weighted by atomic mass is 9.82. The second-order valence-corrected chi connectivity index (χ2v) is 18.5. The van der Waals surface area contributed by atoms with Crippen LogP contribution in [0.2, 0.25) is 0 Å². The quantitative estimate of drug-likeness (QED) is 0.173. The summed E-state index contributed by atoms with van der Waals surface area (Å²) in [6.45, 7) is 4.77. The Morgan fingerprint density at radius 2 is 1.01 bits per heavy atom. The Balaban J connectivity index is 1.08. The molecule has 0 amide bonds. The topological polar surface area (TPSA) is 35.6 Å². The van der Waals surface area contributed by atoms with Gasteiger partial charge in [0.05, 0.1) is 33.3 Å². The van der Waals surface area contributed by atoms with Crippen molar-refractivity contribution in [2.24, 2.45) is 0 Å². The summed E-state index contributed by atoms with van der Waals surface area (Å²) >= 11 is 0. The fourth-order valence-electron chi connectivity index (χ4n) is 11.4. The fraction of sp³-hybridized carbons (Fsp3) is 0.0476. The van der Waals surface area contributed by atoms with E-state index < -0.39 is 0 Å². The number of benzene rings is 10. The van der Waals surface area contributed by atoms with Gasteiger partial charge in [0.2, 0.25) is 0 Å². The second kappa shape index (κ2) is 14.2. The minimum absolute atomic E-state index is 0.202. The van der Waals surface area contributed by atoms with Crippen molar-refractivity contribution in [3.63, 3.8) is 0 Å². The zero-order valence-electron chi connectivity index (χ0n) is 37.1. The van der Waals surface area contributed by atoms with E-state index in [4.69, 9.17) is 9.97 Å². The molecule has 0 spiro atoms. The van der Waals surface area contributed by atoms with E-state index in [9.17, 15) is 0 Å². The third kappa shape index (κ3) is 5.54. The number of nitrogens with zero attached hydrogens (tertiary/aromatic N) is 4. The summed E-state index contributed by atoms with van der Waals surface area (Å²) < 4.78 is 4.88. The van der Waals surface area contributed by atoms with E-state index >= 15 is 0 Å². The van der Waals surface area contributed by atoms with E-state index in [2.05, 4.69) is 241 Å². The van der Waals surface area contributed by atoms with E-state index in [0.717, 1.165) is 61.3 Å². The van der Waals surface area contributed by atoms with Gasteiger partial charge in [0.1, 0.15) is 0 Å². The molecule has 0 saturated heterocycles. The molecule has 4 nitrogen and oxygen atoms in total. The fourth-order valence-corrected chi connectivity index (χ4v) is 11.4. The molecular weight excluding hydrogens is 813 g/mol.